The Morgan fingerprint density at radius 3 is 2.32 bits per heavy atom. The minimum absolute atomic E-state index is 0.300. The average Bonchev–Trinajstić information content (AvgIpc) is 2.59. The second-order valence-corrected chi connectivity index (χ2v) is 4.47. The Kier molecular flexibility index (Phi) is 5.25. The summed E-state index contributed by atoms with van der Waals surface area (Å²) < 4.78 is 20.9. The third-order valence-electron chi connectivity index (χ3n) is 3.13. The number of carbonyl (C=O) groups is 1. The highest BCUT2D eigenvalue weighted by Gasteiger charge is 2.12. The van der Waals surface area contributed by atoms with Gasteiger partial charge in [0, 0.05) is 0 Å². The molecule has 0 fully saturated rings. The summed E-state index contributed by atoms with van der Waals surface area (Å²) >= 11 is 0. The molecule has 0 atom stereocenters. The molecule has 2 aromatic carbocycles. The summed E-state index contributed by atoms with van der Waals surface area (Å²) in [5.74, 6) is 1.33. The molecule has 0 radical (unpaired) electrons. The van der Waals surface area contributed by atoms with Crippen molar-refractivity contribution in [3.8, 4) is 17.2 Å². The first-order valence-electron chi connectivity index (χ1n) is 6.70. The van der Waals surface area contributed by atoms with Gasteiger partial charge < -0.3 is 18.9 Å². The van der Waals surface area contributed by atoms with Crippen LogP contribution in [0.25, 0.3) is 0 Å². The van der Waals surface area contributed by atoms with E-state index < -0.39 is 5.97 Å². The number of hydrogen-bond acceptors (Lipinski definition) is 5. The van der Waals surface area contributed by atoms with Gasteiger partial charge in [0.15, 0.2) is 11.5 Å². The van der Waals surface area contributed by atoms with E-state index in [4.69, 9.17) is 18.9 Å². The van der Waals surface area contributed by atoms with Crippen molar-refractivity contribution in [1.29, 1.82) is 0 Å². The minimum Gasteiger partial charge on any atom is -0.493 e. The zero-order valence-corrected chi connectivity index (χ0v) is 12.8. The van der Waals surface area contributed by atoms with Crippen molar-refractivity contribution in [2.45, 2.75) is 6.61 Å². The molecule has 5 nitrogen and oxygen atoms in total. The van der Waals surface area contributed by atoms with Gasteiger partial charge in [-0.1, -0.05) is 18.2 Å². The van der Waals surface area contributed by atoms with Gasteiger partial charge >= 0.3 is 5.97 Å². The molecule has 0 heterocycles. The molecule has 0 aliphatic carbocycles. The zero-order chi connectivity index (χ0) is 15.9. The minimum atomic E-state index is -0.428. The van der Waals surface area contributed by atoms with Crippen LogP contribution in [0.5, 0.6) is 17.2 Å². The standard InChI is InChI=1S/C17H18O5/c1-19-15-9-8-12(10-16(15)20-2)11-22-14-7-5-4-6-13(14)17(18)21-3/h4-10H,11H2,1-3H3. The smallest absolute Gasteiger partial charge is 0.341 e. The van der Waals surface area contributed by atoms with Crippen molar-refractivity contribution in [2.75, 3.05) is 21.3 Å². The van der Waals surface area contributed by atoms with Crippen molar-refractivity contribution in [2.24, 2.45) is 0 Å². The zero-order valence-electron chi connectivity index (χ0n) is 12.8. The van der Waals surface area contributed by atoms with Crippen LogP contribution >= 0.6 is 0 Å². The highest BCUT2D eigenvalue weighted by atomic mass is 16.5. The van der Waals surface area contributed by atoms with Gasteiger partial charge in [-0.2, -0.15) is 0 Å². The second kappa shape index (κ2) is 7.36. The number of ether oxygens (including phenoxy) is 4. The summed E-state index contributed by atoms with van der Waals surface area (Å²) in [5, 5.41) is 0. The van der Waals surface area contributed by atoms with Crippen LogP contribution in [0.2, 0.25) is 0 Å². The molecule has 22 heavy (non-hydrogen) atoms. The number of para-hydroxylation sites is 1. The van der Waals surface area contributed by atoms with Gasteiger partial charge in [0.2, 0.25) is 0 Å². The normalized spacial score (nSPS) is 9.95. The molecule has 2 aromatic rings. The summed E-state index contributed by atoms with van der Waals surface area (Å²) in [6, 6.07) is 12.5. The molecule has 0 amide bonds. The van der Waals surface area contributed by atoms with E-state index in [9.17, 15) is 4.79 Å². The van der Waals surface area contributed by atoms with Crippen molar-refractivity contribution in [1.82, 2.24) is 0 Å². The summed E-state index contributed by atoms with van der Waals surface area (Å²) in [7, 11) is 4.50. The maximum atomic E-state index is 11.7. The number of rotatable bonds is 6. The molecule has 0 saturated heterocycles. The van der Waals surface area contributed by atoms with Crippen molar-refractivity contribution in [3.05, 3.63) is 53.6 Å². The Morgan fingerprint density at radius 1 is 0.909 bits per heavy atom. The second-order valence-electron chi connectivity index (χ2n) is 4.47. The molecule has 0 saturated carbocycles. The van der Waals surface area contributed by atoms with E-state index in [1.54, 1.807) is 38.5 Å². The molecule has 0 N–H and O–H groups in total. The average molecular weight is 302 g/mol. The molecule has 116 valence electrons. The molecule has 5 heteroatoms. The molecule has 0 bridgehead atoms. The van der Waals surface area contributed by atoms with Crippen LogP contribution in [0.1, 0.15) is 15.9 Å². The van der Waals surface area contributed by atoms with E-state index in [0.29, 0.717) is 29.4 Å². The maximum Gasteiger partial charge on any atom is 0.341 e. The number of hydrogen-bond donors (Lipinski definition) is 0. The van der Waals surface area contributed by atoms with Crippen molar-refractivity contribution in [3.63, 3.8) is 0 Å². The van der Waals surface area contributed by atoms with Crippen LogP contribution in [-0.4, -0.2) is 27.3 Å². The summed E-state index contributed by atoms with van der Waals surface area (Å²) in [6.07, 6.45) is 0. The van der Waals surface area contributed by atoms with Gasteiger partial charge in [0.25, 0.3) is 0 Å². The predicted octanol–water partition coefficient (Wildman–Crippen LogP) is 3.07. The molecule has 0 spiro atoms. The van der Waals surface area contributed by atoms with Crippen LogP contribution in [-0.2, 0) is 11.3 Å². The summed E-state index contributed by atoms with van der Waals surface area (Å²) in [5.41, 5.74) is 1.29. The third-order valence-corrected chi connectivity index (χ3v) is 3.13. The van der Waals surface area contributed by atoms with E-state index in [0.717, 1.165) is 5.56 Å². The molecule has 0 aliphatic rings. The third kappa shape index (κ3) is 3.49. The lowest BCUT2D eigenvalue weighted by atomic mass is 10.2. The Hall–Kier alpha value is -2.69. The van der Waals surface area contributed by atoms with Crippen LogP contribution in [0, 0.1) is 0 Å². The van der Waals surface area contributed by atoms with Crippen LogP contribution < -0.4 is 14.2 Å². The van der Waals surface area contributed by atoms with Crippen molar-refractivity contribution < 1.29 is 23.7 Å². The number of carbonyl (C=O) groups excluding carboxylic acids is 1. The number of methoxy groups -OCH3 is 3. The summed E-state index contributed by atoms with van der Waals surface area (Å²) in [6.45, 7) is 0.300. The quantitative estimate of drug-likeness (QED) is 0.768. The molecule has 0 aromatic heterocycles. The van der Waals surface area contributed by atoms with E-state index in [-0.39, 0.29) is 0 Å². The van der Waals surface area contributed by atoms with Crippen molar-refractivity contribution >= 4 is 5.97 Å². The number of benzene rings is 2. The molecule has 2 rings (SSSR count). The first kappa shape index (κ1) is 15.7. The van der Waals surface area contributed by atoms with Gasteiger partial charge in [-0.25, -0.2) is 4.79 Å². The molecular weight excluding hydrogens is 284 g/mol. The fourth-order valence-electron chi connectivity index (χ4n) is 2.00. The van der Waals surface area contributed by atoms with E-state index in [2.05, 4.69) is 0 Å². The van der Waals surface area contributed by atoms with Gasteiger partial charge in [-0.05, 0) is 29.8 Å². The number of esters is 1. The van der Waals surface area contributed by atoms with Crippen LogP contribution in [0.4, 0.5) is 0 Å². The largest absolute Gasteiger partial charge is 0.493 e. The fraction of sp³-hybridized carbons (Fsp3) is 0.235. The lowest BCUT2D eigenvalue weighted by molar-refractivity contribution is 0.0595. The highest BCUT2D eigenvalue weighted by Crippen LogP contribution is 2.28. The summed E-state index contributed by atoms with van der Waals surface area (Å²) in [4.78, 5) is 11.7. The van der Waals surface area contributed by atoms with Gasteiger partial charge in [0.1, 0.15) is 17.9 Å². The molecule has 0 unspecified atom stereocenters. The monoisotopic (exact) mass is 302 g/mol. The Morgan fingerprint density at radius 2 is 1.64 bits per heavy atom. The Labute approximate surface area is 129 Å². The van der Waals surface area contributed by atoms with Gasteiger partial charge in [-0.15, -0.1) is 0 Å². The first-order chi connectivity index (χ1) is 10.7. The Bertz CT molecular complexity index is 651. The van der Waals surface area contributed by atoms with E-state index in [1.807, 2.05) is 18.2 Å². The predicted molar refractivity (Wildman–Crippen MR) is 81.7 cm³/mol. The van der Waals surface area contributed by atoms with Crippen LogP contribution in [0.15, 0.2) is 42.5 Å². The SMILES string of the molecule is COC(=O)c1ccccc1OCc1ccc(OC)c(OC)c1. The fourth-order valence-corrected chi connectivity index (χ4v) is 2.00. The topological polar surface area (TPSA) is 54.0 Å². The van der Waals surface area contributed by atoms with Gasteiger partial charge in [-0.3, -0.25) is 0 Å². The lowest BCUT2D eigenvalue weighted by Crippen LogP contribution is -2.05. The highest BCUT2D eigenvalue weighted by molar-refractivity contribution is 5.92. The van der Waals surface area contributed by atoms with Gasteiger partial charge in [0.05, 0.1) is 21.3 Å². The molecule has 0 aliphatic heterocycles. The van der Waals surface area contributed by atoms with E-state index >= 15 is 0 Å². The molecular formula is C17H18O5. The first-order valence-corrected chi connectivity index (χ1v) is 6.70. The lowest BCUT2D eigenvalue weighted by Gasteiger charge is -2.12. The Balaban J connectivity index is 2.15. The van der Waals surface area contributed by atoms with E-state index in [1.165, 1.54) is 7.11 Å². The van der Waals surface area contributed by atoms with Crippen LogP contribution in [0.3, 0.4) is 0 Å². The maximum absolute atomic E-state index is 11.7.